The number of carbonyl (C=O) groups is 1. The molecule has 1 aliphatic carbocycles. The van der Waals surface area contributed by atoms with Crippen molar-refractivity contribution in [3.8, 4) is 5.75 Å². The molecule has 4 unspecified atom stereocenters. The van der Waals surface area contributed by atoms with E-state index in [1.54, 1.807) is 7.11 Å². The van der Waals surface area contributed by atoms with Crippen molar-refractivity contribution in [3.05, 3.63) is 29.8 Å². The summed E-state index contributed by atoms with van der Waals surface area (Å²) in [6.07, 6.45) is 7.13. The van der Waals surface area contributed by atoms with E-state index < -0.39 is 0 Å². The van der Waals surface area contributed by atoms with Crippen LogP contribution in [-0.4, -0.2) is 43.1 Å². The SMILES string of the molecule is COc1cccc(C2CC2C(=O)NC2CC3CCCC(C2)N3C)c1. The lowest BCUT2D eigenvalue weighted by Crippen LogP contribution is -2.55. The molecule has 0 aromatic heterocycles. The molecule has 1 saturated carbocycles. The molecule has 2 heterocycles. The molecule has 3 aliphatic rings. The summed E-state index contributed by atoms with van der Waals surface area (Å²) in [6, 6.07) is 9.85. The number of nitrogens with one attached hydrogen (secondary N) is 1. The third-order valence-corrected chi connectivity index (χ3v) is 6.34. The van der Waals surface area contributed by atoms with Crippen LogP contribution in [0.15, 0.2) is 24.3 Å². The van der Waals surface area contributed by atoms with Gasteiger partial charge in [0.15, 0.2) is 0 Å². The Hall–Kier alpha value is -1.55. The maximum absolute atomic E-state index is 12.7. The highest BCUT2D eigenvalue weighted by Gasteiger charge is 2.45. The van der Waals surface area contributed by atoms with Crippen LogP contribution in [0, 0.1) is 5.92 Å². The Morgan fingerprint density at radius 3 is 2.67 bits per heavy atom. The van der Waals surface area contributed by atoms with Crippen molar-refractivity contribution in [2.24, 2.45) is 5.92 Å². The van der Waals surface area contributed by atoms with Gasteiger partial charge in [0, 0.05) is 24.0 Å². The van der Waals surface area contributed by atoms with Crippen LogP contribution >= 0.6 is 0 Å². The number of piperidine rings is 2. The normalized spacial score (nSPS) is 35.3. The topological polar surface area (TPSA) is 41.6 Å². The van der Waals surface area contributed by atoms with Gasteiger partial charge in [0.05, 0.1) is 7.11 Å². The molecule has 2 bridgehead atoms. The maximum Gasteiger partial charge on any atom is 0.223 e. The Balaban J connectivity index is 1.34. The van der Waals surface area contributed by atoms with Crippen molar-refractivity contribution in [1.29, 1.82) is 0 Å². The fraction of sp³-hybridized carbons (Fsp3) is 0.650. The number of fused-ring (bicyclic) bond motifs is 2. The number of hydrogen-bond donors (Lipinski definition) is 1. The maximum atomic E-state index is 12.7. The van der Waals surface area contributed by atoms with Crippen LogP contribution in [0.4, 0.5) is 0 Å². The number of amides is 1. The van der Waals surface area contributed by atoms with Gasteiger partial charge in [-0.25, -0.2) is 0 Å². The molecule has 0 radical (unpaired) electrons. The molecule has 1 N–H and O–H groups in total. The van der Waals surface area contributed by atoms with Crippen LogP contribution in [0.2, 0.25) is 0 Å². The summed E-state index contributed by atoms with van der Waals surface area (Å²) < 4.78 is 5.30. The molecule has 2 saturated heterocycles. The molecule has 1 aromatic carbocycles. The first-order valence-electron chi connectivity index (χ1n) is 9.32. The lowest BCUT2D eigenvalue weighted by molar-refractivity contribution is -0.123. The monoisotopic (exact) mass is 328 g/mol. The average Bonchev–Trinajstić information content (AvgIpc) is 3.37. The fourth-order valence-electron chi connectivity index (χ4n) is 4.77. The summed E-state index contributed by atoms with van der Waals surface area (Å²) in [7, 11) is 3.94. The van der Waals surface area contributed by atoms with Crippen molar-refractivity contribution in [2.45, 2.75) is 62.6 Å². The van der Waals surface area contributed by atoms with Crippen molar-refractivity contribution < 1.29 is 9.53 Å². The number of nitrogens with zero attached hydrogens (tertiary/aromatic N) is 1. The van der Waals surface area contributed by atoms with Crippen molar-refractivity contribution in [2.75, 3.05) is 14.2 Å². The predicted molar refractivity (Wildman–Crippen MR) is 94.2 cm³/mol. The molecule has 1 aromatic rings. The third-order valence-electron chi connectivity index (χ3n) is 6.34. The van der Waals surface area contributed by atoms with E-state index in [0.717, 1.165) is 25.0 Å². The summed E-state index contributed by atoms with van der Waals surface area (Å²) in [5, 5.41) is 3.36. The quantitative estimate of drug-likeness (QED) is 0.924. The first-order valence-corrected chi connectivity index (χ1v) is 9.32. The molecular weight excluding hydrogens is 300 g/mol. The predicted octanol–water partition coefficient (Wildman–Crippen LogP) is 2.93. The molecule has 4 atom stereocenters. The second kappa shape index (κ2) is 6.40. The molecule has 2 aliphatic heterocycles. The zero-order valence-corrected chi connectivity index (χ0v) is 14.7. The van der Waals surface area contributed by atoms with E-state index >= 15 is 0 Å². The van der Waals surface area contributed by atoms with Gasteiger partial charge < -0.3 is 15.0 Å². The molecule has 0 spiro atoms. The highest BCUT2D eigenvalue weighted by molar-refractivity contribution is 5.83. The molecule has 130 valence electrons. The van der Waals surface area contributed by atoms with E-state index in [4.69, 9.17) is 4.74 Å². The van der Waals surface area contributed by atoms with Gasteiger partial charge in [-0.3, -0.25) is 4.79 Å². The Bertz CT molecular complexity index is 603. The van der Waals surface area contributed by atoms with Gasteiger partial charge in [-0.1, -0.05) is 18.6 Å². The minimum absolute atomic E-state index is 0.150. The van der Waals surface area contributed by atoms with E-state index in [-0.39, 0.29) is 11.8 Å². The van der Waals surface area contributed by atoms with E-state index in [1.807, 2.05) is 12.1 Å². The van der Waals surface area contributed by atoms with Crippen LogP contribution in [0.5, 0.6) is 5.75 Å². The first kappa shape index (κ1) is 15.9. The summed E-state index contributed by atoms with van der Waals surface area (Å²) in [5.41, 5.74) is 1.23. The van der Waals surface area contributed by atoms with Gasteiger partial charge in [-0.15, -0.1) is 0 Å². The van der Waals surface area contributed by atoms with Gasteiger partial charge in [0.1, 0.15) is 5.75 Å². The molecule has 3 fully saturated rings. The number of ether oxygens (including phenoxy) is 1. The lowest BCUT2D eigenvalue weighted by Gasteiger charge is -2.47. The molecular formula is C20H28N2O2. The molecule has 4 heteroatoms. The Labute approximate surface area is 144 Å². The van der Waals surface area contributed by atoms with Crippen LogP contribution < -0.4 is 10.1 Å². The second-order valence-corrected chi connectivity index (χ2v) is 7.81. The summed E-state index contributed by atoms with van der Waals surface area (Å²) in [6.45, 7) is 0. The van der Waals surface area contributed by atoms with Crippen molar-refractivity contribution >= 4 is 5.91 Å². The van der Waals surface area contributed by atoms with Crippen molar-refractivity contribution in [1.82, 2.24) is 10.2 Å². The van der Waals surface area contributed by atoms with E-state index in [0.29, 0.717) is 24.0 Å². The Morgan fingerprint density at radius 2 is 1.96 bits per heavy atom. The molecule has 4 rings (SSSR count). The third kappa shape index (κ3) is 3.04. The molecule has 1 amide bonds. The number of hydrogen-bond acceptors (Lipinski definition) is 3. The summed E-state index contributed by atoms with van der Waals surface area (Å²) >= 11 is 0. The standard InChI is InChI=1S/C20H28N2O2/c1-22-15-6-4-7-16(22)11-14(10-15)21-20(23)19-12-18(19)13-5-3-8-17(9-13)24-2/h3,5,8-9,14-16,18-19H,4,6-7,10-12H2,1-2H3,(H,21,23). The van der Waals surface area contributed by atoms with E-state index in [2.05, 4.69) is 29.4 Å². The van der Waals surface area contributed by atoms with E-state index in [9.17, 15) is 4.79 Å². The minimum atomic E-state index is 0.150. The summed E-state index contributed by atoms with van der Waals surface area (Å²) in [4.78, 5) is 15.2. The van der Waals surface area contributed by atoms with Crippen LogP contribution in [0.25, 0.3) is 0 Å². The minimum Gasteiger partial charge on any atom is -0.497 e. The zero-order chi connectivity index (χ0) is 16.7. The number of carbonyl (C=O) groups excluding carboxylic acids is 1. The highest BCUT2D eigenvalue weighted by Crippen LogP contribution is 2.48. The molecule has 4 nitrogen and oxygen atoms in total. The lowest BCUT2D eigenvalue weighted by atomic mass is 9.82. The Morgan fingerprint density at radius 1 is 1.21 bits per heavy atom. The smallest absolute Gasteiger partial charge is 0.223 e. The number of rotatable bonds is 4. The Kier molecular flexibility index (Phi) is 4.25. The van der Waals surface area contributed by atoms with Gasteiger partial charge in [-0.05, 0) is 62.8 Å². The van der Waals surface area contributed by atoms with E-state index in [1.165, 1.54) is 24.8 Å². The van der Waals surface area contributed by atoms with Gasteiger partial charge in [0.25, 0.3) is 0 Å². The molecule has 24 heavy (non-hydrogen) atoms. The summed E-state index contributed by atoms with van der Waals surface area (Å²) in [5.74, 6) is 1.65. The number of benzene rings is 1. The van der Waals surface area contributed by atoms with Gasteiger partial charge >= 0.3 is 0 Å². The van der Waals surface area contributed by atoms with Crippen LogP contribution in [0.1, 0.15) is 50.0 Å². The first-order chi connectivity index (χ1) is 11.7. The van der Waals surface area contributed by atoms with Crippen LogP contribution in [0.3, 0.4) is 0 Å². The second-order valence-electron chi connectivity index (χ2n) is 7.81. The van der Waals surface area contributed by atoms with Gasteiger partial charge in [0.2, 0.25) is 5.91 Å². The van der Waals surface area contributed by atoms with Crippen molar-refractivity contribution in [3.63, 3.8) is 0 Å². The fourth-order valence-corrected chi connectivity index (χ4v) is 4.77. The average molecular weight is 328 g/mol. The van der Waals surface area contributed by atoms with Crippen LogP contribution in [-0.2, 0) is 4.79 Å². The largest absolute Gasteiger partial charge is 0.497 e. The zero-order valence-electron chi connectivity index (χ0n) is 14.7. The highest BCUT2D eigenvalue weighted by atomic mass is 16.5. The van der Waals surface area contributed by atoms with Gasteiger partial charge in [-0.2, -0.15) is 0 Å². The number of methoxy groups -OCH3 is 1.